The molecule has 3 rings (SSSR count). The van der Waals surface area contributed by atoms with E-state index in [1.165, 1.54) is 36.4 Å². The van der Waals surface area contributed by atoms with Gasteiger partial charge in [0.25, 0.3) is 17.1 Å². The number of nitrogens with zero attached hydrogens (tertiary/aromatic N) is 3. The fourth-order valence-corrected chi connectivity index (χ4v) is 4.03. The van der Waals surface area contributed by atoms with E-state index in [0.29, 0.717) is 16.7 Å². The Balaban J connectivity index is 2.57. The average molecular weight is 421 g/mol. The second-order valence-corrected chi connectivity index (χ2v) is 7.23. The van der Waals surface area contributed by atoms with Gasteiger partial charge in [-0.1, -0.05) is 36.4 Å². The molecule has 0 amide bonds. The number of nitro groups is 3. The van der Waals surface area contributed by atoms with Crippen molar-refractivity contribution in [3.8, 4) is 0 Å². The first-order chi connectivity index (χ1) is 14.6. The minimum Gasteiger partial charge on any atom is -0.258 e. The van der Waals surface area contributed by atoms with Gasteiger partial charge in [-0.3, -0.25) is 30.3 Å². The summed E-state index contributed by atoms with van der Waals surface area (Å²) in [4.78, 5) is 34.0. The summed E-state index contributed by atoms with van der Waals surface area (Å²) in [5.74, 6) is -1.08. The molecule has 3 aromatic carbocycles. The Bertz CT molecular complexity index is 1070. The van der Waals surface area contributed by atoms with Gasteiger partial charge in [0.1, 0.15) is 0 Å². The van der Waals surface area contributed by atoms with Gasteiger partial charge in [-0.15, -0.1) is 0 Å². The van der Waals surface area contributed by atoms with Crippen LogP contribution in [0.1, 0.15) is 39.3 Å². The van der Waals surface area contributed by atoms with Crippen LogP contribution in [-0.2, 0) is 0 Å². The summed E-state index contributed by atoms with van der Waals surface area (Å²) in [6.07, 6.45) is 0. The highest BCUT2D eigenvalue weighted by atomic mass is 16.6. The molecule has 0 bridgehead atoms. The molecule has 0 fully saturated rings. The van der Waals surface area contributed by atoms with Crippen LogP contribution >= 0.6 is 0 Å². The lowest BCUT2D eigenvalue weighted by molar-refractivity contribution is -0.387. The fourth-order valence-electron chi connectivity index (χ4n) is 4.03. The van der Waals surface area contributed by atoms with Crippen LogP contribution in [0.2, 0.25) is 0 Å². The standard InChI is InChI=1S/C22H19N3O6/c1-13-7-4-10-16(23(26)27)19(13)22(20-14(2)8-5-11-17(20)24(28)29)21-15(3)9-6-12-18(21)25(30)31/h4-12,22H,1-3H3. The van der Waals surface area contributed by atoms with E-state index >= 15 is 0 Å². The van der Waals surface area contributed by atoms with Crippen molar-refractivity contribution in [2.75, 3.05) is 0 Å². The van der Waals surface area contributed by atoms with E-state index in [-0.39, 0.29) is 33.8 Å². The molecular formula is C22H19N3O6. The zero-order valence-corrected chi connectivity index (χ0v) is 17.1. The monoisotopic (exact) mass is 421 g/mol. The fraction of sp³-hybridized carbons (Fsp3) is 0.182. The third kappa shape index (κ3) is 3.85. The van der Waals surface area contributed by atoms with Crippen molar-refractivity contribution >= 4 is 17.1 Å². The molecule has 0 unspecified atom stereocenters. The van der Waals surface area contributed by atoms with E-state index in [9.17, 15) is 30.3 Å². The minimum atomic E-state index is -1.08. The van der Waals surface area contributed by atoms with Gasteiger partial charge in [0.2, 0.25) is 0 Å². The van der Waals surface area contributed by atoms with E-state index in [1.807, 2.05) is 0 Å². The molecule has 9 nitrogen and oxygen atoms in total. The predicted molar refractivity (Wildman–Crippen MR) is 114 cm³/mol. The number of benzene rings is 3. The molecule has 0 radical (unpaired) electrons. The highest BCUT2D eigenvalue weighted by Crippen LogP contribution is 2.47. The molecule has 0 spiro atoms. The van der Waals surface area contributed by atoms with Crippen molar-refractivity contribution in [1.82, 2.24) is 0 Å². The molecule has 9 heteroatoms. The normalized spacial score (nSPS) is 10.8. The predicted octanol–water partition coefficient (Wildman–Crippen LogP) is 5.52. The lowest BCUT2D eigenvalue weighted by Crippen LogP contribution is -2.15. The molecule has 0 aliphatic carbocycles. The molecule has 0 atom stereocenters. The van der Waals surface area contributed by atoms with Crippen LogP contribution in [0.5, 0.6) is 0 Å². The highest BCUT2D eigenvalue weighted by molar-refractivity contribution is 5.66. The summed E-state index contributed by atoms with van der Waals surface area (Å²) >= 11 is 0. The van der Waals surface area contributed by atoms with Crippen molar-refractivity contribution in [2.45, 2.75) is 26.7 Å². The zero-order chi connectivity index (χ0) is 22.9. The van der Waals surface area contributed by atoms with E-state index < -0.39 is 20.7 Å². The van der Waals surface area contributed by atoms with Crippen LogP contribution in [0.25, 0.3) is 0 Å². The maximum atomic E-state index is 11.9. The summed E-state index contributed by atoms with van der Waals surface area (Å²) < 4.78 is 0. The highest BCUT2D eigenvalue weighted by Gasteiger charge is 2.37. The summed E-state index contributed by atoms with van der Waals surface area (Å²) in [5, 5.41) is 35.7. The van der Waals surface area contributed by atoms with Crippen molar-refractivity contribution in [2.24, 2.45) is 0 Å². The van der Waals surface area contributed by atoms with Crippen LogP contribution in [0.4, 0.5) is 17.1 Å². The largest absolute Gasteiger partial charge is 0.273 e. The van der Waals surface area contributed by atoms with Gasteiger partial charge in [-0.05, 0) is 37.5 Å². The first-order valence-corrected chi connectivity index (χ1v) is 9.36. The topological polar surface area (TPSA) is 129 Å². The first kappa shape index (κ1) is 21.6. The number of hydrogen-bond acceptors (Lipinski definition) is 6. The summed E-state index contributed by atoms with van der Waals surface area (Å²) in [6, 6.07) is 13.5. The molecule has 0 aromatic heterocycles. The van der Waals surface area contributed by atoms with Crippen LogP contribution in [0, 0.1) is 51.1 Å². The van der Waals surface area contributed by atoms with E-state index in [1.54, 1.807) is 39.0 Å². The van der Waals surface area contributed by atoms with Crippen LogP contribution < -0.4 is 0 Å². The Morgan fingerprint density at radius 2 is 0.806 bits per heavy atom. The Hall–Kier alpha value is -4.14. The Labute approximate surface area is 177 Å². The Morgan fingerprint density at radius 3 is 1.03 bits per heavy atom. The first-order valence-electron chi connectivity index (χ1n) is 9.36. The number of nitro benzene ring substituents is 3. The smallest absolute Gasteiger partial charge is 0.258 e. The Kier molecular flexibility index (Phi) is 5.78. The van der Waals surface area contributed by atoms with Gasteiger partial charge < -0.3 is 0 Å². The molecule has 0 N–H and O–H groups in total. The van der Waals surface area contributed by atoms with Crippen molar-refractivity contribution < 1.29 is 14.8 Å². The van der Waals surface area contributed by atoms with E-state index in [2.05, 4.69) is 0 Å². The van der Waals surface area contributed by atoms with Crippen LogP contribution in [0.15, 0.2) is 54.6 Å². The summed E-state index contributed by atoms with van der Waals surface area (Å²) in [6.45, 7) is 4.97. The summed E-state index contributed by atoms with van der Waals surface area (Å²) in [7, 11) is 0. The van der Waals surface area contributed by atoms with Gasteiger partial charge in [0, 0.05) is 34.9 Å². The SMILES string of the molecule is Cc1cccc([N+](=O)[O-])c1C(c1c(C)cccc1[N+](=O)[O-])c1c(C)cccc1[N+](=O)[O-]. The van der Waals surface area contributed by atoms with Crippen molar-refractivity contribution in [3.63, 3.8) is 0 Å². The van der Waals surface area contributed by atoms with E-state index in [0.717, 1.165) is 0 Å². The van der Waals surface area contributed by atoms with E-state index in [4.69, 9.17) is 0 Å². The molecule has 0 aliphatic rings. The quantitative estimate of drug-likeness (QED) is 0.293. The average Bonchev–Trinajstić information content (AvgIpc) is 2.70. The second kappa shape index (κ2) is 8.31. The molecule has 3 aromatic rings. The third-order valence-corrected chi connectivity index (χ3v) is 5.36. The van der Waals surface area contributed by atoms with Crippen molar-refractivity contribution in [1.29, 1.82) is 0 Å². The maximum absolute atomic E-state index is 11.9. The third-order valence-electron chi connectivity index (χ3n) is 5.36. The number of hydrogen-bond donors (Lipinski definition) is 0. The molecule has 0 saturated heterocycles. The zero-order valence-electron chi connectivity index (χ0n) is 17.1. The van der Waals surface area contributed by atoms with Gasteiger partial charge in [-0.2, -0.15) is 0 Å². The van der Waals surface area contributed by atoms with Crippen molar-refractivity contribution in [3.05, 3.63) is 118 Å². The van der Waals surface area contributed by atoms with Gasteiger partial charge >= 0.3 is 0 Å². The lowest BCUT2D eigenvalue weighted by Gasteiger charge is -2.23. The molecule has 0 heterocycles. The molecule has 0 aliphatic heterocycles. The van der Waals surface area contributed by atoms with Gasteiger partial charge in [-0.25, -0.2) is 0 Å². The summed E-state index contributed by atoms with van der Waals surface area (Å²) in [5.41, 5.74) is 1.37. The lowest BCUT2D eigenvalue weighted by atomic mass is 9.77. The molecule has 0 saturated carbocycles. The second-order valence-electron chi connectivity index (χ2n) is 7.23. The number of rotatable bonds is 6. The maximum Gasteiger partial charge on any atom is 0.273 e. The van der Waals surface area contributed by atoms with Crippen LogP contribution in [0.3, 0.4) is 0 Å². The molecular weight excluding hydrogens is 402 g/mol. The number of aryl methyl sites for hydroxylation is 3. The molecule has 158 valence electrons. The van der Waals surface area contributed by atoms with Crippen LogP contribution in [-0.4, -0.2) is 14.8 Å². The van der Waals surface area contributed by atoms with Gasteiger partial charge in [0.05, 0.1) is 20.7 Å². The Morgan fingerprint density at radius 1 is 0.548 bits per heavy atom. The molecule has 31 heavy (non-hydrogen) atoms. The minimum absolute atomic E-state index is 0.197. The van der Waals surface area contributed by atoms with Gasteiger partial charge in [0.15, 0.2) is 0 Å².